The van der Waals surface area contributed by atoms with Gasteiger partial charge in [0.2, 0.25) is 0 Å². The van der Waals surface area contributed by atoms with Crippen LogP contribution in [0.3, 0.4) is 0 Å². The van der Waals surface area contributed by atoms with E-state index in [1.165, 1.54) is 5.56 Å². The van der Waals surface area contributed by atoms with Crippen LogP contribution in [0, 0.1) is 0 Å². The van der Waals surface area contributed by atoms with Crippen LogP contribution in [0.2, 0.25) is 0 Å². The van der Waals surface area contributed by atoms with Crippen LogP contribution < -0.4 is 4.90 Å². The summed E-state index contributed by atoms with van der Waals surface area (Å²) >= 11 is 1.67. The van der Waals surface area contributed by atoms with Crippen molar-refractivity contribution < 1.29 is 4.79 Å². The van der Waals surface area contributed by atoms with E-state index in [2.05, 4.69) is 48.8 Å². The van der Waals surface area contributed by atoms with E-state index in [4.69, 9.17) is 9.97 Å². The Labute approximate surface area is 196 Å². The number of carbonyl (C=O) groups excluding carboxylic acids is 1. The van der Waals surface area contributed by atoms with Gasteiger partial charge in [-0.15, -0.1) is 0 Å². The quantitative estimate of drug-likeness (QED) is 0.461. The van der Waals surface area contributed by atoms with Crippen LogP contribution in [0.1, 0.15) is 61.1 Å². The molecular formula is C25H35N5OS. The number of likely N-dealkylation sites (tertiary alicyclic amines) is 1. The molecule has 32 heavy (non-hydrogen) atoms. The SMILES string of the molecule is CCN1CCN(c2cc(C(C)C)nc(SCc3ccc(C(=O)N4CCCC4)cc3)n2)CC1. The summed E-state index contributed by atoms with van der Waals surface area (Å²) in [5.41, 5.74) is 3.07. The van der Waals surface area contributed by atoms with Gasteiger partial charge in [0.05, 0.1) is 0 Å². The van der Waals surface area contributed by atoms with Crippen LogP contribution in [0.15, 0.2) is 35.5 Å². The van der Waals surface area contributed by atoms with Gasteiger partial charge in [0.15, 0.2) is 5.16 Å². The largest absolute Gasteiger partial charge is 0.354 e. The standard InChI is InChI=1S/C25H35N5OS/c1-4-28-13-15-29(16-14-28)23-17-22(19(2)3)26-25(27-23)32-18-20-7-9-21(10-8-20)24(31)30-11-5-6-12-30/h7-10,17,19H,4-6,11-16,18H2,1-3H3. The van der Waals surface area contributed by atoms with E-state index in [9.17, 15) is 4.79 Å². The first kappa shape index (κ1) is 23.1. The van der Waals surface area contributed by atoms with Crippen molar-refractivity contribution in [2.45, 2.75) is 50.4 Å². The maximum Gasteiger partial charge on any atom is 0.253 e. The van der Waals surface area contributed by atoms with E-state index in [1.54, 1.807) is 11.8 Å². The number of thioether (sulfide) groups is 1. The highest BCUT2D eigenvalue weighted by molar-refractivity contribution is 7.98. The highest BCUT2D eigenvalue weighted by atomic mass is 32.2. The third kappa shape index (κ3) is 5.62. The first-order valence-electron chi connectivity index (χ1n) is 11.9. The van der Waals surface area contributed by atoms with Crippen molar-refractivity contribution in [1.29, 1.82) is 0 Å². The monoisotopic (exact) mass is 453 g/mol. The van der Waals surface area contributed by atoms with Crippen molar-refractivity contribution in [3.8, 4) is 0 Å². The van der Waals surface area contributed by atoms with Crippen molar-refractivity contribution in [2.75, 3.05) is 50.7 Å². The summed E-state index contributed by atoms with van der Waals surface area (Å²) in [5.74, 6) is 2.36. The number of amides is 1. The van der Waals surface area contributed by atoms with Crippen molar-refractivity contribution in [3.05, 3.63) is 47.2 Å². The second-order valence-corrected chi connectivity index (χ2v) is 9.94. The molecule has 2 aliphatic heterocycles. The fraction of sp³-hybridized carbons (Fsp3) is 0.560. The van der Waals surface area contributed by atoms with Crippen LogP contribution in [0.5, 0.6) is 0 Å². The number of piperazine rings is 1. The number of carbonyl (C=O) groups is 1. The number of benzene rings is 1. The van der Waals surface area contributed by atoms with Gasteiger partial charge in [0.25, 0.3) is 5.91 Å². The molecule has 2 fully saturated rings. The predicted octanol–water partition coefficient (Wildman–Crippen LogP) is 4.27. The molecule has 3 heterocycles. The molecule has 2 saturated heterocycles. The zero-order chi connectivity index (χ0) is 22.5. The van der Waals surface area contributed by atoms with Gasteiger partial charge in [-0.2, -0.15) is 0 Å². The van der Waals surface area contributed by atoms with Crippen LogP contribution >= 0.6 is 11.8 Å². The zero-order valence-electron chi connectivity index (χ0n) is 19.6. The lowest BCUT2D eigenvalue weighted by Crippen LogP contribution is -2.46. The van der Waals surface area contributed by atoms with Crippen molar-refractivity contribution >= 4 is 23.5 Å². The minimum Gasteiger partial charge on any atom is -0.354 e. The summed E-state index contributed by atoms with van der Waals surface area (Å²) < 4.78 is 0. The minimum atomic E-state index is 0.155. The van der Waals surface area contributed by atoms with Gasteiger partial charge in [-0.1, -0.05) is 44.7 Å². The smallest absolute Gasteiger partial charge is 0.253 e. The van der Waals surface area contributed by atoms with Gasteiger partial charge in [-0.05, 0) is 43.0 Å². The summed E-state index contributed by atoms with van der Waals surface area (Å²) in [4.78, 5) is 29.1. The molecule has 0 radical (unpaired) electrons. The molecule has 0 bridgehead atoms. The molecule has 0 N–H and O–H groups in total. The van der Waals surface area contributed by atoms with E-state index < -0.39 is 0 Å². The molecule has 2 aromatic rings. The minimum absolute atomic E-state index is 0.155. The highest BCUT2D eigenvalue weighted by Gasteiger charge is 2.20. The Morgan fingerprint density at radius 3 is 2.31 bits per heavy atom. The van der Waals surface area contributed by atoms with Gasteiger partial charge in [0, 0.05) is 62.3 Å². The van der Waals surface area contributed by atoms with E-state index in [0.717, 1.165) is 86.6 Å². The van der Waals surface area contributed by atoms with Gasteiger partial charge < -0.3 is 14.7 Å². The zero-order valence-corrected chi connectivity index (χ0v) is 20.4. The molecule has 0 unspecified atom stereocenters. The first-order chi connectivity index (χ1) is 15.5. The van der Waals surface area contributed by atoms with Crippen LogP contribution in [-0.4, -0.2) is 71.5 Å². The molecule has 172 valence electrons. The molecule has 0 spiro atoms. The lowest BCUT2D eigenvalue weighted by atomic mass is 10.1. The summed E-state index contributed by atoms with van der Waals surface area (Å²) in [6.45, 7) is 13.7. The molecule has 1 aromatic carbocycles. The van der Waals surface area contributed by atoms with E-state index in [-0.39, 0.29) is 5.91 Å². The predicted molar refractivity (Wildman–Crippen MR) is 132 cm³/mol. The van der Waals surface area contributed by atoms with Crippen molar-refractivity contribution in [3.63, 3.8) is 0 Å². The number of anilines is 1. The summed E-state index contributed by atoms with van der Waals surface area (Å²) in [6, 6.07) is 10.2. The third-order valence-corrected chi connectivity index (χ3v) is 7.33. The van der Waals surface area contributed by atoms with Crippen molar-refractivity contribution in [1.82, 2.24) is 19.8 Å². The molecule has 0 atom stereocenters. The highest BCUT2D eigenvalue weighted by Crippen LogP contribution is 2.26. The molecule has 0 aliphatic carbocycles. The van der Waals surface area contributed by atoms with Gasteiger partial charge in [-0.25, -0.2) is 9.97 Å². The van der Waals surface area contributed by atoms with Crippen LogP contribution in [-0.2, 0) is 5.75 Å². The summed E-state index contributed by atoms with van der Waals surface area (Å²) in [5, 5.41) is 0.835. The average Bonchev–Trinajstić information content (AvgIpc) is 3.37. The van der Waals surface area contributed by atoms with Gasteiger partial charge in [0.1, 0.15) is 5.82 Å². The first-order valence-corrected chi connectivity index (χ1v) is 12.9. The Bertz CT molecular complexity index is 903. The number of likely N-dealkylation sites (N-methyl/N-ethyl adjacent to an activating group) is 1. The Morgan fingerprint density at radius 2 is 1.69 bits per heavy atom. The lowest BCUT2D eigenvalue weighted by molar-refractivity contribution is 0.0793. The van der Waals surface area contributed by atoms with Gasteiger partial charge in [-0.3, -0.25) is 4.79 Å². The van der Waals surface area contributed by atoms with E-state index in [1.807, 2.05) is 17.0 Å². The molecule has 1 aromatic heterocycles. The summed E-state index contributed by atoms with van der Waals surface area (Å²) in [6.07, 6.45) is 2.23. The number of hydrogen-bond acceptors (Lipinski definition) is 6. The second kappa shape index (κ2) is 10.7. The van der Waals surface area contributed by atoms with Crippen molar-refractivity contribution in [2.24, 2.45) is 0 Å². The maximum absolute atomic E-state index is 12.6. The van der Waals surface area contributed by atoms with E-state index in [0.29, 0.717) is 5.92 Å². The molecule has 2 aliphatic rings. The number of hydrogen-bond donors (Lipinski definition) is 0. The summed E-state index contributed by atoms with van der Waals surface area (Å²) in [7, 11) is 0. The number of aromatic nitrogens is 2. The number of nitrogens with zero attached hydrogens (tertiary/aromatic N) is 5. The topological polar surface area (TPSA) is 52.6 Å². The molecule has 4 rings (SSSR count). The molecule has 0 saturated carbocycles. The molecular weight excluding hydrogens is 418 g/mol. The van der Waals surface area contributed by atoms with Crippen LogP contribution in [0.4, 0.5) is 5.82 Å². The Kier molecular flexibility index (Phi) is 7.68. The molecule has 7 heteroatoms. The fourth-order valence-electron chi connectivity index (χ4n) is 4.24. The second-order valence-electron chi connectivity index (χ2n) is 8.99. The van der Waals surface area contributed by atoms with Crippen LogP contribution in [0.25, 0.3) is 0 Å². The Hall–Kier alpha value is -2.12. The Balaban J connectivity index is 1.42. The van der Waals surface area contributed by atoms with E-state index >= 15 is 0 Å². The fourth-order valence-corrected chi connectivity index (χ4v) is 5.06. The molecule has 6 nitrogen and oxygen atoms in total. The Morgan fingerprint density at radius 1 is 1.00 bits per heavy atom. The third-order valence-electron chi connectivity index (χ3n) is 6.41. The number of rotatable bonds is 7. The average molecular weight is 454 g/mol. The normalized spacial score (nSPS) is 17.4. The van der Waals surface area contributed by atoms with Gasteiger partial charge >= 0.3 is 0 Å². The molecule has 1 amide bonds. The maximum atomic E-state index is 12.6. The lowest BCUT2D eigenvalue weighted by Gasteiger charge is -2.35.